The van der Waals surface area contributed by atoms with Gasteiger partial charge >= 0.3 is 12.2 Å². The van der Waals surface area contributed by atoms with E-state index in [1.54, 1.807) is 6.26 Å². The molecule has 0 aromatic rings. The standard InChI is InChI=1S/C6H12N2O4S/c1-6(13-3,7-4(9)10)8(2)5(11)12/h7H,1-3H3,(H,9,10)(H,11,12). The van der Waals surface area contributed by atoms with Crippen LogP contribution in [0, 0.1) is 0 Å². The van der Waals surface area contributed by atoms with Crippen molar-refractivity contribution < 1.29 is 19.8 Å². The van der Waals surface area contributed by atoms with Crippen LogP contribution >= 0.6 is 11.8 Å². The van der Waals surface area contributed by atoms with Crippen molar-refractivity contribution in [1.29, 1.82) is 0 Å². The number of hydrogen-bond donors (Lipinski definition) is 3. The van der Waals surface area contributed by atoms with Crippen molar-refractivity contribution in [2.45, 2.75) is 11.9 Å². The molecule has 13 heavy (non-hydrogen) atoms. The highest BCUT2D eigenvalue weighted by atomic mass is 32.2. The minimum Gasteiger partial charge on any atom is -0.465 e. The molecule has 6 nitrogen and oxygen atoms in total. The van der Waals surface area contributed by atoms with Crippen LogP contribution in [0.5, 0.6) is 0 Å². The summed E-state index contributed by atoms with van der Waals surface area (Å²) >= 11 is 1.09. The summed E-state index contributed by atoms with van der Waals surface area (Å²) < 4.78 is 0. The second kappa shape index (κ2) is 4.22. The van der Waals surface area contributed by atoms with Crippen LogP contribution in [0.4, 0.5) is 9.59 Å². The van der Waals surface area contributed by atoms with E-state index in [4.69, 9.17) is 10.2 Å². The number of carboxylic acid groups (broad SMARTS) is 2. The Morgan fingerprint density at radius 1 is 1.46 bits per heavy atom. The van der Waals surface area contributed by atoms with Crippen molar-refractivity contribution in [3.8, 4) is 0 Å². The van der Waals surface area contributed by atoms with E-state index in [1.165, 1.54) is 14.0 Å². The zero-order valence-corrected chi connectivity index (χ0v) is 8.38. The number of hydrogen-bond acceptors (Lipinski definition) is 3. The topological polar surface area (TPSA) is 89.9 Å². The molecule has 0 saturated carbocycles. The predicted molar refractivity (Wildman–Crippen MR) is 48.9 cm³/mol. The largest absolute Gasteiger partial charge is 0.465 e. The van der Waals surface area contributed by atoms with Gasteiger partial charge in [0.2, 0.25) is 0 Å². The molecule has 0 aliphatic heterocycles. The van der Waals surface area contributed by atoms with Gasteiger partial charge in [0.15, 0.2) is 4.99 Å². The first-order valence-corrected chi connectivity index (χ1v) is 4.59. The summed E-state index contributed by atoms with van der Waals surface area (Å²) in [4.78, 5) is 20.7. The molecular formula is C6H12N2O4S. The first kappa shape index (κ1) is 11.9. The lowest BCUT2D eigenvalue weighted by molar-refractivity contribution is 0.119. The van der Waals surface area contributed by atoms with Crippen LogP contribution in [-0.4, -0.2) is 45.6 Å². The van der Waals surface area contributed by atoms with E-state index in [1.807, 2.05) is 0 Å². The summed E-state index contributed by atoms with van der Waals surface area (Å²) in [6.07, 6.45) is -0.828. The molecule has 0 fully saturated rings. The molecule has 0 spiro atoms. The lowest BCUT2D eigenvalue weighted by Gasteiger charge is -2.34. The van der Waals surface area contributed by atoms with Gasteiger partial charge < -0.3 is 10.2 Å². The molecule has 0 rings (SSSR count). The van der Waals surface area contributed by atoms with Gasteiger partial charge in [0, 0.05) is 7.05 Å². The Morgan fingerprint density at radius 2 is 1.92 bits per heavy atom. The lowest BCUT2D eigenvalue weighted by atomic mass is 10.5. The lowest BCUT2D eigenvalue weighted by Crippen LogP contribution is -2.56. The minimum atomic E-state index is -1.26. The van der Waals surface area contributed by atoms with Gasteiger partial charge in [-0.25, -0.2) is 9.59 Å². The average molecular weight is 208 g/mol. The van der Waals surface area contributed by atoms with E-state index in [0.29, 0.717) is 0 Å². The summed E-state index contributed by atoms with van der Waals surface area (Å²) in [5.74, 6) is 0. The molecule has 76 valence electrons. The van der Waals surface area contributed by atoms with Gasteiger partial charge in [-0.1, -0.05) is 0 Å². The smallest absolute Gasteiger partial charge is 0.409 e. The molecule has 2 amide bonds. The molecule has 0 saturated heterocycles. The van der Waals surface area contributed by atoms with E-state index in [0.717, 1.165) is 16.7 Å². The number of amides is 2. The molecule has 0 radical (unpaired) electrons. The van der Waals surface area contributed by atoms with Crippen LogP contribution in [0.25, 0.3) is 0 Å². The molecule has 0 heterocycles. The number of carbonyl (C=O) groups is 2. The Balaban J connectivity index is 4.61. The summed E-state index contributed by atoms with van der Waals surface area (Å²) in [6, 6.07) is 0. The fourth-order valence-corrected chi connectivity index (χ4v) is 1.19. The van der Waals surface area contributed by atoms with Crippen LogP contribution < -0.4 is 5.32 Å². The van der Waals surface area contributed by atoms with Gasteiger partial charge in [-0.05, 0) is 13.2 Å². The maximum Gasteiger partial charge on any atom is 0.409 e. The Hall–Kier alpha value is -1.11. The van der Waals surface area contributed by atoms with Gasteiger partial charge in [-0.15, -0.1) is 11.8 Å². The van der Waals surface area contributed by atoms with Crippen molar-refractivity contribution in [3.05, 3.63) is 0 Å². The maximum atomic E-state index is 10.6. The van der Waals surface area contributed by atoms with E-state index in [9.17, 15) is 9.59 Å². The van der Waals surface area contributed by atoms with Crippen LogP contribution in [0.1, 0.15) is 6.92 Å². The van der Waals surface area contributed by atoms with Crippen LogP contribution in [0.15, 0.2) is 0 Å². The van der Waals surface area contributed by atoms with E-state index in [2.05, 4.69) is 5.32 Å². The Labute approximate surface area is 79.9 Å². The molecule has 0 aromatic heterocycles. The Bertz CT molecular complexity index is 223. The molecule has 7 heteroatoms. The van der Waals surface area contributed by atoms with Crippen molar-refractivity contribution in [3.63, 3.8) is 0 Å². The number of rotatable bonds is 3. The van der Waals surface area contributed by atoms with Crippen molar-refractivity contribution in [1.82, 2.24) is 10.2 Å². The Morgan fingerprint density at radius 3 is 2.15 bits per heavy atom. The third kappa shape index (κ3) is 3.02. The molecule has 0 aliphatic rings. The number of nitrogens with one attached hydrogen (secondary N) is 1. The van der Waals surface area contributed by atoms with Crippen LogP contribution in [0.3, 0.4) is 0 Å². The zero-order chi connectivity index (χ0) is 10.6. The minimum absolute atomic E-state index is 0.895. The second-order valence-corrected chi connectivity index (χ2v) is 3.66. The van der Waals surface area contributed by atoms with Gasteiger partial charge in [-0.2, -0.15) is 0 Å². The monoisotopic (exact) mass is 208 g/mol. The molecule has 1 atom stereocenters. The highest BCUT2D eigenvalue weighted by molar-refractivity contribution is 7.99. The summed E-state index contributed by atoms with van der Waals surface area (Å²) in [5.41, 5.74) is 0. The van der Waals surface area contributed by atoms with E-state index < -0.39 is 17.2 Å². The average Bonchev–Trinajstić information content (AvgIpc) is 2.01. The SMILES string of the molecule is CSC(C)(NC(=O)O)N(C)C(=O)O. The molecular weight excluding hydrogens is 196 g/mol. The highest BCUT2D eigenvalue weighted by Gasteiger charge is 2.33. The first-order chi connectivity index (χ1) is 5.83. The third-order valence-corrected chi connectivity index (χ3v) is 2.83. The molecule has 0 bridgehead atoms. The van der Waals surface area contributed by atoms with Gasteiger partial charge in [0.1, 0.15) is 0 Å². The molecule has 0 aliphatic carbocycles. The summed E-state index contributed by atoms with van der Waals surface area (Å²) in [5, 5.41) is 19.2. The molecule has 3 N–H and O–H groups in total. The Kier molecular flexibility index (Phi) is 3.86. The maximum absolute atomic E-state index is 10.6. The predicted octanol–water partition coefficient (Wildman–Crippen LogP) is 0.900. The van der Waals surface area contributed by atoms with E-state index in [-0.39, 0.29) is 0 Å². The van der Waals surface area contributed by atoms with E-state index >= 15 is 0 Å². The van der Waals surface area contributed by atoms with Crippen LogP contribution in [0.2, 0.25) is 0 Å². The number of thioether (sulfide) groups is 1. The van der Waals surface area contributed by atoms with Gasteiger partial charge in [-0.3, -0.25) is 10.2 Å². The molecule has 1 unspecified atom stereocenters. The fraction of sp³-hybridized carbons (Fsp3) is 0.667. The normalized spacial score (nSPS) is 14.4. The number of nitrogens with zero attached hydrogens (tertiary/aromatic N) is 1. The highest BCUT2D eigenvalue weighted by Crippen LogP contribution is 2.22. The van der Waals surface area contributed by atoms with Crippen molar-refractivity contribution in [2.24, 2.45) is 0 Å². The summed E-state index contributed by atoms with van der Waals surface area (Å²) in [6.45, 7) is 1.47. The fourth-order valence-electron chi connectivity index (χ4n) is 0.653. The quantitative estimate of drug-likeness (QED) is 0.599. The zero-order valence-electron chi connectivity index (χ0n) is 7.57. The van der Waals surface area contributed by atoms with Crippen molar-refractivity contribution in [2.75, 3.05) is 13.3 Å². The van der Waals surface area contributed by atoms with Crippen molar-refractivity contribution >= 4 is 23.9 Å². The first-order valence-electron chi connectivity index (χ1n) is 3.36. The van der Waals surface area contributed by atoms with Gasteiger partial charge in [0.05, 0.1) is 0 Å². The third-order valence-electron chi connectivity index (χ3n) is 1.66. The second-order valence-electron chi connectivity index (χ2n) is 2.46. The van der Waals surface area contributed by atoms with Gasteiger partial charge in [0.25, 0.3) is 0 Å². The molecule has 0 aromatic carbocycles. The summed E-state index contributed by atoms with van der Waals surface area (Å²) in [7, 11) is 1.30. The van der Waals surface area contributed by atoms with Crippen LogP contribution in [-0.2, 0) is 0 Å².